The van der Waals surface area contributed by atoms with Gasteiger partial charge in [0.2, 0.25) is 0 Å². The summed E-state index contributed by atoms with van der Waals surface area (Å²) in [5, 5.41) is 3.51. The molecule has 96 valence electrons. The molecule has 1 unspecified atom stereocenters. The van der Waals surface area contributed by atoms with Crippen LogP contribution in [-0.4, -0.2) is 4.98 Å². The van der Waals surface area contributed by atoms with Crippen LogP contribution in [0.4, 0.5) is 4.39 Å². The maximum Gasteiger partial charge on any atom is 0.142 e. The van der Waals surface area contributed by atoms with E-state index in [1.54, 1.807) is 17.4 Å². The summed E-state index contributed by atoms with van der Waals surface area (Å²) in [5.41, 5.74) is 3.76. The van der Waals surface area contributed by atoms with Gasteiger partial charge in [-0.25, -0.2) is 9.37 Å². The molecule has 1 aromatic carbocycles. The van der Waals surface area contributed by atoms with Gasteiger partial charge < -0.3 is 5.32 Å². The molecule has 1 N–H and O–H groups in total. The molecule has 0 amide bonds. The molecule has 18 heavy (non-hydrogen) atoms. The summed E-state index contributed by atoms with van der Waals surface area (Å²) < 4.78 is 13.3. The number of hydrogen-bond donors (Lipinski definition) is 1. The molecule has 2 nitrogen and oxygen atoms in total. The number of halogens is 2. The van der Waals surface area contributed by atoms with Gasteiger partial charge in [-0.1, -0.05) is 17.7 Å². The maximum atomic E-state index is 13.3. The predicted molar refractivity (Wildman–Crippen MR) is 73.5 cm³/mol. The van der Waals surface area contributed by atoms with E-state index in [9.17, 15) is 4.39 Å². The molecule has 2 aromatic rings. The fourth-order valence-electron chi connectivity index (χ4n) is 1.64. The minimum absolute atomic E-state index is 0.0678. The van der Waals surface area contributed by atoms with Crippen LogP contribution >= 0.6 is 22.9 Å². The van der Waals surface area contributed by atoms with E-state index in [0.717, 1.165) is 17.8 Å². The third-order valence-electron chi connectivity index (χ3n) is 2.86. The van der Waals surface area contributed by atoms with Crippen LogP contribution in [0.3, 0.4) is 0 Å². The second-order valence-corrected chi connectivity index (χ2v) is 5.48. The van der Waals surface area contributed by atoms with Gasteiger partial charge in [0.05, 0.1) is 16.2 Å². The number of benzene rings is 1. The van der Waals surface area contributed by atoms with Gasteiger partial charge in [0.1, 0.15) is 5.82 Å². The van der Waals surface area contributed by atoms with Crippen LogP contribution in [0.25, 0.3) is 0 Å². The van der Waals surface area contributed by atoms with E-state index in [0.29, 0.717) is 0 Å². The average Bonchev–Trinajstić information content (AvgIpc) is 2.75. The quantitative estimate of drug-likeness (QED) is 0.914. The zero-order chi connectivity index (χ0) is 13.1. The predicted octanol–water partition coefficient (Wildman–Crippen LogP) is 4.09. The highest BCUT2D eigenvalue weighted by molar-refractivity contribution is 7.09. The Morgan fingerprint density at radius 1 is 1.50 bits per heavy atom. The second kappa shape index (κ2) is 5.78. The van der Waals surface area contributed by atoms with Gasteiger partial charge in [-0.05, 0) is 31.5 Å². The molecule has 2 rings (SSSR count). The lowest BCUT2D eigenvalue weighted by atomic mass is 10.1. The Morgan fingerprint density at radius 3 is 2.89 bits per heavy atom. The molecule has 0 saturated carbocycles. The Bertz CT molecular complexity index is 542. The first-order valence-corrected chi connectivity index (χ1v) is 6.91. The third-order valence-corrected chi connectivity index (χ3v) is 4.10. The molecule has 1 atom stereocenters. The lowest BCUT2D eigenvalue weighted by Gasteiger charge is -2.14. The van der Waals surface area contributed by atoms with E-state index in [-0.39, 0.29) is 16.9 Å². The topological polar surface area (TPSA) is 24.9 Å². The van der Waals surface area contributed by atoms with E-state index in [1.165, 1.54) is 10.9 Å². The lowest BCUT2D eigenvalue weighted by molar-refractivity contribution is 0.567. The summed E-state index contributed by atoms with van der Waals surface area (Å²) in [7, 11) is 0. The van der Waals surface area contributed by atoms with Crippen LogP contribution in [0, 0.1) is 12.7 Å². The zero-order valence-corrected chi connectivity index (χ0v) is 11.8. The van der Waals surface area contributed by atoms with Crippen molar-refractivity contribution in [2.75, 3.05) is 0 Å². The number of nitrogens with one attached hydrogen (secondary N) is 1. The van der Waals surface area contributed by atoms with Crippen molar-refractivity contribution in [1.29, 1.82) is 0 Å². The molecule has 0 spiro atoms. The molecule has 0 fully saturated rings. The summed E-state index contributed by atoms with van der Waals surface area (Å²) in [5.74, 6) is -0.378. The number of hydrogen-bond acceptors (Lipinski definition) is 3. The van der Waals surface area contributed by atoms with Gasteiger partial charge in [-0.15, -0.1) is 11.3 Å². The Labute approximate surface area is 115 Å². The molecule has 1 heterocycles. The number of nitrogens with zero attached hydrogens (tertiary/aromatic N) is 1. The molecule has 0 saturated heterocycles. The standard InChI is InChI=1S/C13H14ClFN2S/c1-8(10-3-4-11(14)12(15)5-10)16-6-13-9(2)17-7-18-13/h3-5,7-8,16H,6H2,1-2H3. The van der Waals surface area contributed by atoms with Crippen LogP contribution in [-0.2, 0) is 6.54 Å². The van der Waals surface area contributed by atoms with E-state index < -0.39 is 0 Å². The van der Waals surface area contributed by atoms with Crippen molar-refractivity contribution in [2.45, 2.75) is 26.4 Å². The number of aryl methyl sites for hydroxylation is 1. The molecule has 0 aliphatic rings. The summed E-state index contributed by atoms with van der Waals surface area (Å²) >= 11 is 7.29. The van der Waals surface area contributed by atoms with E-state index in [1.807, 2.05) is 25.4 Å². The first kappa shape index (κ1) is 13.5. The molecular formula is C13H14ClFN2S. The molecular weight excluding hydrogens is 271 g/mol. The van der Waals surface area contributed by atoms with Crippen molar-refractivity contribution in [3.05, 3.63) is 50.7 Å². The van der Waals surface area contributed by atoms with E-state index in [4.69, 9.17) is 11.6 Å². The monoisotopic (exact) mass is 284 g/mol. The molecule has 1 aromatic heterocycles. The SMILES string of the molecule is Cc1ncsc1CNC(C)c1ccc(Cl)c(F)c1. The van der Waals surface area contributed by atoms with Crippen molar-refractivity contribution in [3.63, 3.8) is 0 Å². The first-order chi connectivity index (χ1) is 8.58. The summed E-state index contributed by atoms with van der Waals surface area (Å²) in [6.07, 6.45) is 0. The highest BCUT2D eigenvalue weighted by Gasteiger charge is 2.09. The molecule has 0 aliphatic heterocycles. The Kier molecular flexibility index (Phi) is 4.32. The van der Waals surface area contributed by atoms with Crippen LogP contribution in [0.1, 0.15) is 29.1 Å². The van der Waals surface area contributed by atoms with Crippen LogP contribution in [0.5, 0.6) is 0 Å². The summed E-state index contributed by atoms with van der Waals surface area (Å²) in [6, 6.07) is 4.96. The smallest absolute Gasteiger partial charge is 0.142 e. The van der Waals surface area contributed by atoms with Crippen molar-refractivity contribution in [2.24, 2.45) is 0 Å². The number of rotatable bonds is 4. The van der Waals surface area contributed by atoms with Crippen LogP contribution < -0.4 is 5.32 Å². The minimum atomic E-state index is -0.378. The minimum Gasteiger partial charge on any atom is -0.305 e. The van der Waals surface area contributed by atoms with Gasteiger partial charge in [0, 0.05) is 17.5 Å². The van der Waals surface area contributed by atoms with Gasteiger partial charge in [0.15, 0.2) is 0 Å². The second-order valence-electron chi connectivity index (χ2n) is 4.14. The van der Waals surface area contributed by atoms with Crippen molar-refractivity contribution in [3.8, 4) is 0 Å². The highest BCUT2D eigenvalue weighted by Crippen LogP contribution is 2.21. The number of aromatic nitrogens is 1. The van der Waals surface area contributed by atoms with Crippen molar-refractivity contribution >= 4 is 22.9 Å². The lowest BCUT2D eigenvalue weighted by Crippen LogP contribution is -2.18. The fourth-order valence-corrected chi connectivity index (χ4v) is 2.49. The molecule has 0 radical (unpaired) electrons. The van der Waals surface area contributed by atoms with Gasteiger partial charge in [-0.2, -0.15) is 0 Å². The normalized spacial score (nSPS) is 12.7. The van der Waals surface area contributed by atoms with E-state index >= 15 is 0 Å². The first-order valence-electron chi connectivity index (χ1n) is 5.65. The molecule has 0 bridgehead atoms. The third kappa shape index (κ3) is 3.07. The Morgan fingerprint density at radius 2 is 2.28 bits per heavy atom. The maximum absolute atomic E-state index is 13.3. The average molecular weight is 285 g/mol. The zero-order valence-electron chi connectivity index (χ0n) is 10.2. The largest absolute Gasteiger partial charge is 0.305 e. The van der Waals surface area contributed by atoms with Gasteiger partial charge in [-0.3, -0.25) is 0 Å². The number of thiazole rings is 1. The van der Waals surface area contributed by atoms with Crippen molar-refractivity contribution in [1.82, 2.24) is 10.3 Å². The Balaban J connectivity index is 2.01. The summed E-state index contributed by atoms with van der Waals surface area (Å²) in [6.45, 7) is 4.72. The molecule has 5 heteroatoms. The molecule has 0 aliphatic carbocycles. The van der Waals surface area contributed by atoms with Crippen LogP contribution in [0.15, 0.2) is 23.7 Å². The Hall–Kier alpha value is -0.970. The van der Waals surface area contributed by atoms with E-state index in [2.05, 4.69) is 10.3 Å². The van der Waals surface area contributed by atoms with Crippen molar-refractivity contribution < 1.29 is 4.39 Å². The van der Waals surface area contributed by atoms with Gasteiger partial charge >= 0.3 is 0 Å². The highest BCUT2D eigenvalue weighted by atomic mass is 35.5. The fraction of sp³-hybridized carbons (Fsp3) is 0.308. The van der Waals surface area contributed by atoms with Crippen LogP contribution in [0.2, 0.25) is 5.02 Å². The summed E-state index contributed by atoms with van der Waals surface area (Å²) in [4.78, 5) is 5.40. The van der Waals surface area contributed by atoms with Gasteiger partial charge in [0.25, 0.3) is 0 Å².